The van der Waals surface area contributed by atoms with E-state index >= 15 is 0 Å². The molecule has 0 spiro atoms. The van der Waals surface area contributed by atoms with Gasteiger partial charge in [0.2, 0.25) is 5.95 Å². The lowest BCUT2D eigenvalue weighted by atomic mass is 10.1. The van der Waals surface area contributed by atoms with Gasteiger partial charge in [0, 0.05) is 18.8 Å². The average molecular weight is 332 g/mol. The molecule has 0 radical (unpaired) electrons. The number of benzene rings is 1. The molecule has 1 aromatic carbocycles. The maximum absolute atomic E-state index is 11.5. The molecule has 1 saturated heterocycles. The molecule has 1 atom stereocenters. The van der Waals surface area contributed by atoms with Crippen LogP contribution in [0.5, 0.6) is 0 Å². The van der Waals surface area contributed by atoms with Gasteiger partial charge in [0.25, 0.3) is 0 Å². The summed E-state index contributed by atoms with van der Waals surface area (Å²) in [6, 6.07) is 11.9. The van der Waals surface area contributed by atoms with E-state index in [9.17, 15) is 8.42 Å². The molecule has 0 aliphatic carbocycles. The molecule has 0 amide bonds. The molecule has 122 valence electrons. The van der Waals surface area contributed by atoms with Crippen molar-refractivity contribution in [2.75, 3.05) is 28.7 Å². The Labute approximate surface area is 136 Å². The molecular weight excluding hydrogens is 312 g/mol. The van der Waals surface area contributed by atoms with E-state index in [0.29, 0.717) is 18.2 Å². The maximum Gasteiger partial charge on any atom is 0.224 e. The van der Waals surface area contributed by atoms with Crippen molar-refractivity contribution in [3.05, 3.63) is 48.2 Å². The van der Waals surface area contributed by atoms with Crippen LogP contribution in [0.1, 0.15) is 12.0 Å². The fraction of sp³-hybridized carbons (Fsp3) is 0.375. The standard InChI is InChI=1S/C16H20N4O2S/c21-23(22)11-8-14(12-23)19-15-7-10-18-16(20-15)17-9-6-13-4-2-1-3-5-13/h1-5,7,10,14H,6,8-9,11-12H2,(H2,17,18,19,20). The van der Waals surface area contributed by atoms with Crippen LogP contribution in [0, 0.1) is 0 Å². The van der Waals surface area contributed by atoms with Gasteiger partial charge < -0.3 is 10.6 Å². The molecule has 1 aromatic heterocycles. The zero-order valence-electron chi connectivity index (χ0n) is 12.8. The van der Waals surface area contributed by atoms with E-state index < -0.39 is 9.84 Å². The van der Waals surface area contributed by atoms with Gasteiger partial charge in [0.15, 0.2) is 9.84 Å². The number of rotatable bonds is 6. The molecule has 1 aliphatic rings. The number of nitrogens with one attached hydrogen (secondary N) is 2. The number of anilines is 2. The van der Waals surface area contributed by atoms with Crippen LogP contribution in [0.2, 0.25) is 0 Å². The Kier molecular flexibility index (Phi) is 4.76. The average Bonchev–Trinajstić information content (AvgIpc) is 2.87. The van der Waals surface area contributed by atoms with Gasteiger partial charge in [0.05, 0.1) is 11.5 Å². The van der Waals surface area contributed by atoms with E-state index in [2.05, 4.69) is 32.7 Å². The molecule has 2 aromatic rings. The van der Waals surface area contributed by atoms with E-state index in [4.69, 9.17) is 0 Å². The third-order valence-electron chi connectivity index (χ3n) is 3.78. The summed E-state index contributed by atoms with van der Waals surface area (Å²) in [6.45, 7) is 0.741. The quantitative estimate of drug-likeness (QED) is 0.838. The summed E-state index contributed by atoms with van der Waals surface area (Å²) in [6.07, 6.45) is 3.19. The monoisotopic (exact) mass is 332 g/mol. The van der Waals surface area contributed by atoms with Crippen molar-refractivity contribution in [3.8, 4) is 0 Å². The number of hydrogen-bond acceptors (Lipinski definition) is 6. The van der Waals surface area contributed by atoms with E-state index in [-0.39, 0.29) is 17.5 Å². The summed E-state index contributed by atoms with van der Waals surface area (Å²) in [7, 11) is -2.89. The van der Waals surface area contributed by atoms with Gasteiger partial charge >= 0.3 is 0 Å². The van der Waals surface area contributed by atoms with Gasteiger partial charge in [-0.1, -0.05) is 30.3 Å². The summed E-state index contributed by atoms with van der Waals surface area (Å²) >= 11 is 0. The van der Waals surface area contributed by atoms with Crippen molar-refractivity contribution in [2.45, 2.75) is 18.9 Å². The van der Waals surface area contributed by atoms with Gasteiger partial charge in [-0.2, -0.15) is 4.98 Å². The molecule has 2 N–H and O–H groups in total. The summed E-state index contributed by atoms with van der Waals surface area (Å²) in [5, 5.41) is 6.37. The SMILES string of the molecule is O=S1(=O)CCC(Nc2ccnc(NCCc3ccccc3)n2)C1. The summed E-state index contributed by atoms with van der Waals surface area (Å²) in [4.78, 5) is 8.58. The molecule has 1 unspecified atom stereocenters. The summed E-state index contributed by atoms with van der Waals surface area (Å²) < 4.78 is 23.0. The highest BCUT2D eigenvalue weighted by Crippen LogP contribution is 2.16. The summed E-state index contributed by atoms with van der Waals surface area (Å²) in [5.41, 5.74) is 1.26. The summed E-state index contributed by atoms with van der Waals surface area (Å²) in [5.74, 6) is 1.63. The Hall–Kier alpha value is -2.15. The van der Waals surface area contributed by atoms with Crippen LogP contribution in [0.4, 0.5) is 11.8 Å². The lowest BCUT2D eigenvalue weighted by Gasteiger charge is -2.12. The topological polar surface area (TPSA) is 84.0 Å². The molecule has 0 saturated carbocycles. The second-order valence-electron chi connectivity index (χ2n) is 5.67. The first-order valence-electron chi connectivity index (χ1n) is 7.68. The van der Waals surface area contributed by atoms with Crippen LogP contribution in [-0.4, -0.2) is 42.5 Å². The zero-order chi connectivity index (χ0) is 16.1. The van der Waals surface area contributed by atoms with Gasteiger partial charge in [-0.25, -0.2) is 13.4 Å². The molecular formula is C16H20N4O2S. The molecule has 1 fully saturated rings. The van der Waals surface area contributed by atoms with E-state index in [1.807, 2.05) is 18.2 Å². The normalized spacial score (nSPS) is 19.4. The Bertz CT molecular complexity index is 750. The molecule has 1 aliphatic heterocycles. The first-order chi connectivity index (χ1) is 11.1. The molecule has 0 bridgehead atoms. The van der Waals surface area contributed by atoms with Gasteiger partial charge in [-0.15, -0.1) is 0 Å². The highest BCUT2D eigenvalue weighted by Gasteiger charge is 2.27. The predicted octanol–water partition coefficient (Wildman–Crippen LogP) is 1.73. The van der Waals surface area contributed by atoms with Crippen LogP contribution >= 0.6 is 0 Å². The molecule has 7 heteroatoms. The lowest BCUT2D eigenvalue weighted by molar-refractivity contribution is 0.602. The fourth-order valence-electron chi connectivity index (χ4n) is 2.61. The van der Waals surface area contributed by atoms with Crippen molar-refractivity contribution >= 4 is 21.6 Å². The fourth-order valence-corrected chi connectivity index (χ4v) is 4.28. The minimum atomic E-state index is -2.89. The van der Waals surface area contributed by atoms with Crippen molar-refractivity contribution in [3.63, 3.8) is 0 Å². The first-order valence-corrected chi connectivity index (χ1v) is 9.51. The smallest absolute Gasteiger partial charge is 0.224 e. The van der Waals surface area contributed by atoms with Gasteiger partial charge in [0.1, 0.15) is 5.82 Å². The second kappa shape index (κ2) is 6.95. The molecule has 3 rings (SSSR count). The van der Waals surface area contributed by atoms with E-state index in [1.54, 1.807) is 12.3 Å². The highest BCUT2D eigenvalue weighted by atomic mass is 32.2. The predicted molar refractivity (Wildman–Crippen MR) is 91.3 cm³/mol. The van der Waals surface area contributed by atoms with Gasteiger partial charge in [-0.3, -0.25) is 0 Å². The third kappa shape index (κ3) is 4.66. The minimum Gasteiger partial charge on any atom is -0.366 e. The van der Waals surface area contributed by atoms with Crippen LogP contribution in [0.3, 0.4) is 0 Å². The zero-order valence-corrected chi connectivity index (χ0v) is 13.6. The Balaban J connectivity index is 1.53. The number of sulfone groups is 1. The van der Waals surface area contributed by atoms with E-state index in [1.165, 1.54) is 5.56 Å². The van der Waals surface area contributed by atoms with Crippen molar-refractivity contribution in [1.29, 1.82) is 0 Å². The van der Waals surface area contributed by atoms with Crippen LogP contribution < -0.4 is 10.6 Å². The van der Waals surface area contributed by atoms with E-state index in [0.717, 1.165) is 13.0 Å². The minimum absolute atomic E-state index is 0.0629. The molecule has 2 heterocycles. The molecule has 6 nitrogen and oxygen atoms in total. The first kappa shape index (κ1) is 15.7. The van der Waals surface area contributed by atoms with Gasteiger partial charge in [-0.05, 0) is 24.5 Å². The number of aromatic nitrogens is 2. The largest absolute Gasteiger partial charge is 0.366 e. The lowest BCUT2D eigenvalue weighted by Crippen LogP contribution is -2.21. The Morgan fingerprint density at radius 2 is 2.00 bits per heavy atom. The van der Waals surface area contributed by atoms with Crippen molar-refractivity contribution in [2.24, 2.45) is 0 Å². The third-order valence-corrected chi connectivity index (χ3v) is 5.55. The Morgan fingerprint density at radius 1 is 1.17 bits per heavy atom. The van der Waals surface area contributed by atoms with Crippen molar-refractivity contribution in [1.82, 2.24) is 9.97 Å². The highest BCUT2D eigenvalue weighted by molar-refractivity contribution is 7.91. The van der Waals surface area contributed by atoms with Crippen LogP contribution in [-0.2, 0) is 16.3 Å². The number of nitrogens with zero attached hydrogens (tertiary/aromatic N) is 2. The van der Waals surface area contributed by atoms with Crippen molar-refractivity contribution < 1.29 is 8.42 Å². The number of hydrogen-bond donors (Lipinski definition) is 2. The Morgan fingerprint density at radius 3 is 2.74 bits per heavy atom. The maximum atomic E-state index is 11.5. The molecule has 23 heavy (non-hydrogen) atoms. The second-order valence-corrected chi connectivity index (χ2v) is 7.90. The van der Waals surface area contributed by atoms with Crippen LogP contribution in [0.15, 0.2) is 42.6 Å². The van der Waals surface area contributed by atoms with Crippen LogP contribution in [0.25, 0.3) is 0 Å².